The summed E-state index contributed by atoms with van der Waals surface area (Å²) in [6, 6.07) is 10.3. The quantitative estimate of drug-likeness (QED) is 0.353. The number of carbonyl (C=O) groups excluding carboxylic acids is 2. The van der Waals surface area contributed by atoms with Gasteiger partial charge < -0.3 is 4.42 Å². The van der Waals surface area contributed by atoms with Crippen LogP contribution in [0.2, 0.25) is 0 Å². The molecule has 0 saturated heterocycles. The van der Waals surface area contributed by atoms with E-state index in [0.29, 0.717) is 0 Å². The summed E-state index contributed by atoms with van der Waals surface area (Å²) in [6.45, 7) is 1.98. The lowest BCUT2D eigenvalue weighted by atomic mass is 10.2. The monoisotopic (exact) mass is 361 g/mol. The van der Waals surface area contributed by atoms with Crippen LogP contribution < -0.4 is 10.9 Å². The first-order valence-electron chi connectivity index (χ1n) is 7.14. The molecule has 0 aliphatic carbocycles. The molecular formula is C16H15N3O5S. The molecule has 0 atom stereocenters. The van der Waals surface area contributed by atoms with E-state index in [4.69, 9.17) is 4.42 Å². The molecule has 2 aromatic rings. The fraction of sp³-hybridized carbons (Fsp3) is 0.125. The van der Waals surface area contributed by atoms with E-state index in [0.717, 1.165) is 16.5 Å². The van der Waals surface area contributed by atoms with Crippen molar-refractivity contribution >= 4 is 35.5 Å². The highest BCUT2D eigenvalue weighted by atomic mass is 32.2. The fourth-order valence-electron chi connectivity index (χ4n) is 1.68. The molecule has 0 unspecified atom stereocenters. The smallest absolute Gasteiger partial charge is 0.401 e. The number of amides is 2. The minimum Gasteiger partial charge on any atom is -0.401 e. The maximum atomic E-state index is 11.7. The average Bonchev–Trinajstić information content (AvgIpc) is 3.07. The van der Waals surface area contributed by atoms with Gasteiger partial charge in [0.15, 0.2) is 0 Å². The molecule has 1 aromatic carbocycles. The zero-order valence-electron chi connectivity index (χ0n) is 13.2. The van der Waals surface area contributed by atoms with E-state index in [1.807, 2.05) is 31.2 Å². The number of hydrogen-bond donors (Lipinski definition) is 2. The van der Waals surface area contributed by atoms with Crippen LogP contribution in [0, 0.1) is 17.0 Å². The molecule has 9 heteroatoms. The molecule has 0 aliphatic heterocycles. The Kier molecular flexibility index (Phi) is 6.35. The largest absolute Gasteiger partial charge is 0.433 e. The second-order valence-electron chi connectivity index (χ2n) is 4.91. The van der Waals surface area contributed by atoms with Gasteiger partial charge in [0.05, 0.1) is 11.8 Å². The van der Waals surface area contributed by atoms with Crippen molar-refractivity contribution in [3.63, 3.8) is 0 Å². The number of aryl methyl sites for hydroxylation is 1. The van der Waals surface area contributed by atoms with Crippen LogP contribution in [0.4, 0.5) is 5.88 Å². The predicted molar refractivity (Wildman–Crippen MR) is 92.6 cm³/mol. The lowest BCUT2D eigenvalue weighted by Crippen LogP contribution is -2.41. The van der Waals surface area contributed by atoms with Crippen LogP contribution in [0.5, 0.6) is 0 Å². The van der Waals surface area contributed by atoms with Crippen molar-refractivity contribution in [3.8, 4) is 0 Å². The molecule has 25 heavy (non-hydrogen) atoms. The Hall–Kier alpha value is -3.07. The molecule has 0 saturated carbocycles. The minimum absolute atomic E-state index is 0.150. The Labute approximate surface area is 147 Å². The van der Waals surface area contributed by atoms with E-state index in [-0.39, 0.29) is 17.4 Å². The van der Waals surface area contributed by atoms with Gasteiger partial charge in [-0.1, -0.05) is 17.7 Å². The van der Waals surface area contributed by atoms with Gasteiger partial charge in [-0.25, -0.2) is 0 Å². The number of carbonyl (C=O) groups is 2. The number of nitro groups is 1. The van der Waals surface area contributed by atoms with Gasteiger partial charge >= 0.3 is 5.88 Å². The molecule has 2 rings (SSSR count). The third kappa shape index (κ3) is 6.15. The van der Waals surface area contributed by atoms with Crippen LogP contribution in [-0.4, -0.2) is 22.5 Å². The highest BCUT2D eigenvalue weighted by Crippen LogP contribution is 2.18. The summed E-state index contributed by atoms with van der Waals surface area (Å²) in [6.07, 6.45) is 2.35. The molecule has 2 amide bonds. The molecule has 1 heterocycles. The number of hydrazine groups is 1. The van der Waals surface area contributed by atoms with Crippen molar-refractivity contribution in [2.45, 2.75) is 11.8 Å². The number of furan rings is 1. The maximum Gasteiger partial charge on any atom is 0.433 e. The van der Waals surface area contributed by atoms with Crippen molar-refractivity contribution in [2.24, 2.45) is 0 Å². The third-order valence-electron chi connectivity index (χ3n) is 2.91. The van der Waals surface area contributed by atoms with E-state index in [1.54, 1.807) is 0 Å². The molecule has 1 aromatic heterocycles. The number of thioether (sulfide) groups is 1. The van der Waals surface area contributed by atoms with Crippen LogP contribution in [0.1, 0.15) is 11.3 Å². The minimum atomic E-state index is -0.677. The zero-order chi connectivity index (χ0) is 18.2. The van der Waals surface area contributed by atoms with E-state index in [1.165, 1.54) is 30.0 Å². The number of rotatable bonds is 6. The second kappa shape index (κ2) is 8.69. The number of nitrogens with one attached hydrogen (secondary N) is 2. The standard InChI is InChI=1S/C16H15N3O5S/c1-11-2-6-13(7-3-11)25-10-15(21)18-17-14(20)8-4-12-5-9-16(24-12)19(22)23/h2-9H,10H2,1H3,(H,17,20)(H,18,21)/b8-4+. The maximum absolute atomic E-state index is 11.7. The normalized spacial score (nSPS) is 10.6. The van der Waals surface area contributed by atoms with Crippen LogP contribution in [-0.2, 0) is 9.59 Å². The summed E-state index contributed by atoms with van der Waals surface area (Å²) < 4.78 is 4.86. The van der Waals surface area contributed by atoms with E-state index >= 15 is 0 Å². The summed E-state index contributed by atoms with van der Waals surface area (Å²) in [4.78, 5) is 34.0. The molecule has 130 valence electrons. The van der Waals surface area contributed by atoms with Gasteiger partial charge in [-0.3, -0.25) is 30.6 Å². The first-order valence-corrected chi connectivity index (χ1v) is 8.13. The molecule has 8 nitrogen and oxygen atoms in total. The number of benzene rings is 1. The van der Waals surface area contributed by atoms with Gasteiger partial charge in [0.2, 0.25) is 5.91 Å². The van der Waals surface area contributed by atoms with Crippen LogP contribution in [0.15, 0.2) is 51.8 Å². The van der Waals surface area contributed by atoms with Crippen molar-refractivity contribution < 1.29 is 18.9 Å². The fourth-order valence-corrected chi connectivity index (χ4v) is 2.38. The van der Waals surface area contributed by atoms with Crippen LogP contribution in [0.3, 0.4) is 0 Å². The lowest BCUT2D eigenvalue weighted by Gasteiger charge is -2.05. The Bertz CT molecular complexity index is 798. The highest BCUT2D eigenvalue weighted by Gasteiger charge is 2.10. The SMILES string of the molecule is Cc1ccc(SCC(=O)NNC(=O)/C=C/c2ccc([N+](=O)[O-])o2)cc1. The summed E-state index contributed by atoms with van der Waals surface area (Å²) in [5.74, 6) is -1.06. The lowest BCUT2D eigenvalue weighted by molar-refractivity contribution is -0.402. The molecule has 0 spiro atoms. The van der Waals surface area contributed by atoms with Crippen molar-refractivity contribution in [1.29, 1.82) is 0 Å². The molecule has 2 N–H and O–H groups in total. The zero-order valence-corrected chi connectivity index (χ0v) is 14.0. The first-order chi connectivity index (χ1) is 11.9. The van der Waals surface area contributed by atoms with Gasteiger partial charge in [0.25, 0.3) is 5.91 Å². The summed E-state index contributed by atoms with van der Waals surface area (Å²) >= 11 is 1.34. The molecule has 0 bridgehead atoms. The predicted octanol–water partition coefficient (Wildman–Crippen LogP) is 2.45. The van der Waals surface area contributed by atoms with E-state index in [2.05, 4.69) is 10.9 Å². The summed E-state index contributed by atoms with van der Waals surface area (Å²) in [5.41, 5.74) is 5.62. The summed E-state index contributed by atoms with van der Waals surface area (Å²) in [7, 11) is 0. The first kappa shape index (κ1) is 18.3. The molecule has 0 radical (unpaired) electrons. The van der Waals surface area contributed by atoms with Crippen molar-refractivity contribution in [1.82, 2.24) is 10.9 Å². The van der Waals surface area contributed by atoms with Crippen molar-refractivity contribution in [2.75, 3.05) is 5.75 Å². The second-order valence-corrected chi connectivity index (χ2v) is 5.95. The molecule has 0 aliphatic rings. The molecular weight excluding hydrogens is 346 g/mol. The Morgan fingerprint density at radius 3 is 2.56 bits per heavy atom. The summed E-state index contributed by atoms with van der Waals surface area (Å²) in [5, 5.41) is 10.5. The van der Waals surface area contributed by atoms with Gasteiger partial charge in [-0.15, -0.1) is 11.8 Å². The van der Waals surface area contributed by atoms with Gasteiger partial charge in [-0.2, -0.15) is 0 Å². The van der Waals surface area contributed by atoms with E-state index < -0.39 is 16.7 Å². The van der Waals surface area contributed by atoms with Crippen LogP contribution in [0.25, 0.3) is 6.08 Å². The number of hydrogen-bond acceptors (Lipinski definition) is 6. The van der Waals surface area contributed by atoms with Gasteiger partial charge in [0.1, 0.15) is 10.7 Å². The van der Waals surface area contributed by atoms with Crippen molar-refractivity contribution in [3.05, 3.63) is 63.9 Å². The van der Waals surface area contributed by atoms with Gasteiger partial charge in [0, 0.05) is 11.0 Å². The topological polar surface area (TPSA) is 114 Å². The van der Waals surface area contributed by atoms with Crippen LogP contribution >= 0.6 is 11.8 Å². The Balaban J connectivity index is 1.73. The van der Waals surface area contributed by atoms with Gasteiger partial charge in [-0.05, 0) is 31.2 Å². The Morgan fingerprint density at radius 2 is 1.92 bits per heavy atom. The average molecular weight is 361 g/mol. The number of nitrogens with zero attached hydrogens (tertiary/aromatic N) is 1. The highest BCUT2D eigenvalue weighted by molar-refractivity contribution is 8.00. The molecule has 0 fully saturated rings. The third-order valence-corrected chi connectivity index (χ3v) is 3.92. The Morgan fingerprint density at radius 1 is 1.20 bits per heavy atom. The van der Waals surface area contributed by atoms with E-state index in [9.17, 15) is 19.7 Å².